The molecule has 0 fully saturated rings. The molecule has 0 unspecified atom stereocenters. The average molecular weight is 436 g/mol. The minimum absolute atomic E-state index is 0.134. The predicted octanol–water partition coefficient (Wildman–Crippen LogP) is 2.06. The number of hydrogen-bond donors (Lipinski definition) is 1. The van der Waals surface area contributed by atoms with Crippen molar-refractivity contribution in [3.8, 4) is 0 Å². The van der Waals surface area contributed by atoms with Crippen LogP contribution in [0.5, 0.6) is 0 Å². The molecule has 0 radical (unpaired) electrons. The minimum Gasteiger partial charge on any atom is -0.357 e. The molecular weight excluding hydrogens is 409 g/mol. The van der Waals surface area contributed by atoms with Gasteiger partial charge in [0.05, 0.1) is 11.9 Å². The molecule has 0 aliphatic heterocycles. The van der Waals surface area contributed by atoms with Gasteiger partial charge in [-0.1, -0.05) is 29.8 Å². The number of hydrogen-bond acceptors (Lipinski definition) is 4. The number of benzene rings is 2. The summed E-state index contributed by atoms with van der Waals surface area (Å²) in [5.74, 6) is -1.45. The first kappa shape index (κ1) is 23.3. The highest BCUT2D eigenvalue weighted by Crippen LogP contribution is 2.19. The van der Waals surface area contributed by atoms with Crippen molar-refractivity contribution in [2.75, 3.05) is 24.2 Å². The van der Waals surface area contributed by atoms with Gasteiger partial charge in [0.25, 0.3) is 0 Å². The number of aryl methyl sites for hydroxylation is 1. The van der Waals surface area contributed by atoms with Gasteiger partial charge in [-0.05, 0) is 43.7 Å². The summed E-state index contributed by atoms with van der Waals surface area (Å²) in [5, 5.41) is 2.51. The molecule has 2 aromatic rings. The predicted molar refractivity (Wildman–Crippen MR) is 114 cm³/mol. The number of amides is 2. The third-order valence-electron chi connectivity index (χ3n) is 4.68. The van der Waals surface area contributed by atoms with Gasteiger partial charge in [0.1, 0.15) is 18.4 Å². The number of anilines is 1. The van der Waals surface area contributed by atoms with Crippen LogP contribution in [-0.4, -0.2) is 51.0 Å². The Morgan fingerprint density at radius 3 is 2.13 bits per heavy atom. The Morgan fingerprint density at radius 1 is 1.07 bits per heavy atom. The average Bonchev–Trinajstić information content (AvgIpc) is 2.70. The van der Waals surface area contributed by atoms with E-state index in [2.05, 4.69) is 5.32 Å². The SMILES string of the molecule is CNC(=O)[C@@H](C)N(Cc1ccc(C)cc1)C(=O)CN(c1ccc(F)cc1)S(C)(=O)=O. The molecule has 30 heavy (non-hydrogen) atoms. The summed E-state index contributed by atoms with van der Waals surface area (Å²) in [4.78, 5) is 26.7. The Hall–Kier alpha value is -2.94. The van der Waals surface area contributed by atoms with Crippen LogP contribution in [-0.2, 0) is 26.2 Å². The zero-order valence-corrected chi connectivity index (χ0v) is 18.2. The van der Waals surface area contributed by atoms with E-state index in [1.54, 1.807) is 6.92 Å². The Labute approximate surface area is 176 Å². The number of halogens is 1. The summed E-state index contributed by atoms with van der Waals surface area (Å²) in [6, 6.07) is 11.5. The van der Waals surface area contributed by atoms with Crippen LogP contribution < -0.4 is 9.62 Å². The molecule has 2 aromatic carbocycles. The van der Waals surface area contributed by atoms with Crippen molar-refractivity contribution in [1.82, 2.24) is 10.2 Å². The second kappa shape index (κ2) is 9.71. The van der Waals surface area contributed by atoms with Crippen molar-refractivity contribution >= 4 is 27.5 Å². The van der Waals surface area contributed by atoms with E-state index in [9.17, 15) is 22.4 Å². The van der Waals surface area contributed by atoms with Crippen molar-refractivity contribution < 1.29 is 22.4 Å². The van der Waals surface area contributed by atoms with Crippen molar-refractivity contribution in [2.45, 2.75) is 26.4 Å². The maximum absolute atomic E-state index is 13.3. The molecule has 2 amide bonds. The van der Waals surface area contributed by atoms with E-state index in [0.29, 0.717) is 0 Å². The Morgan fingerprint density at radius 2 is 1.63 bits per heavy atom. The lowest BCUT2D eigenvalue weighted by Crippen LogP contribution is -2.50. The van der Waals surface area contributed by atoms with Crippen LogP contribution in [0, 0.1) is 12.7 Å². The fraction of sp³-hybridized carbons (Fsp3) is 0.333. The lowest BCUT2D eigenvalue weighted by Gasteiger charge is -2.31. The highest BCUT2D eigenvalue weighted by atomic mass is 32.2. The lowest BCUT2D eigenvalue weighted by atomic mass is 10.1. The summed E-state index contributed by atoms with van der Waals surface area (Å²) in [5.41, 5.74) is 2.02. The van der Waals surface area contributed by atoms with Gasteiger partial charge < -0.3 is 10.2 Å². The molecule has 2 rings (SSSR count). The van der Waals surface area contributed by atoms with Gasteiger partial charge in [0.2, 0.25) is 21.8 Å². The topological polar surface area (TPSA) is 86.8 Å². The molecule has 0 aliphatic rings. The molecule has 0 spiro atoms. The fourth-order valence-electron chi connectivity index (χ4n) is 2.90. The number of sulfonamides is 1. The van der Waals surface area contributed by atoms with Gasteiger partial charge in [-0.15, -0.1) is 0 Å². The second-order valence-corrected chi connectivity index (χ2v) is 8.95. The largest absolute Gasteiger partial charge is 0.357 e. The van der Waals surface area contributed by atoms with E-state index < -0.39 is 34.3 Å². The molecular formula is C21H26FN3O4S. The van der Waals surface area contributed by atoms with Crippen LogP contribution in [0.2, 0.25) is 0 Å². The lowest BCUT2D eigenvalue weighted by molar-refractivity contribution is -0.139. The molecule has 1 atom stereocenters. The highest BCUT2D eigenvalue weighted by molar-refractivity contribution is 7.92. The summed E-state index contributed by atoms with van der Waals surface area (Å²) in [7, 11) is -2.36. The molecule has 162 valence electrons. The van der Waals surface area contributed by atoms with Gasteiger partial charge in [0, 0.05) is 13.6 Å². The molecule has 0 saturated carbocycles. The first-order valence-electron chi connectivity index (χ1n) is 9.33. The van der Waals surface area contributed by atoms with Crippen molar-refractivity contribution in [3.05, 3.63) is 65.5 Å². The molecule has 0 aromatic heterocycles. The van der Waals surface area contributed by atoms with E-state index in [4.69, 9.17) is 0 Å². The Kier molecular flexibility index (Phi) is 7.55. The number of carbonyl (C=O) groups is 2. The number of nitrogens with zero attached hydrogens (tertiary/aromatic N) is 2. The third kappa shape index (κ3) is 6.03. The smallest absolute Gasteiger partial charge is 0.244 e. The van der Waals surface area contributed by atoms with Crippen LogP contribution in [0.4, 0.5) is 10.1 Å². The first-order valence-corrected chi connectivity index (χ1v) is 11.2. The molecule has 7 nitrogen and oxygen atoms in total. The minimum atomic E-state index is -3.83. The maximum Gasteiger partial charge on any atom is 0.244 e. The molecule has 1 N–H and O–H groups in total. The van der Waals surface area contributed by atoms with E-state index in [-0.39, 0.29) is 18.1 Å². The first-order chi connectivity index (χ1) is 14.0. The monoisotopic (exact) mass is 435 g/mol. The molecule has 0 heterocycles. The highest BCUT2D eigenvalue weighted by Gasteiger charge is 2.29. The van der Waals surface area contributed by atoms with Crippen molar-refractivity contribution in [3.63, 3.8) is 0 Å². The number of nitrogens with one attached hydrogen (secondary N) is 1. The van der Waals surface area contributed by atoms with Crippen LogP contribution in [0.1, 0.15) is 18.1 Å². The summed E-state index contributed by atoms with van der Waals surface area (Å²) >= 11 is 0. The number of likely N-dealkylation sites (N-methyl/N-ethyl adjacent to an activating group) is 1. The summed E-state index contributed by atoms with van der Waals surface area (Å²) in [6.45, 7) is 3.13. The zero-order valence-electron chi connectivity index (χ0n) is 17.4. The normalized spacial score (nSPS) is 12.2. The molecule has 9 heteroatoms. The van der Waals surface area contributed by atoms with Crippen LogP contribution >= 0.6 is 0 Å². The number of rotatable bonds is 8. The van der Waals surface area contributed by atoms with E-state index in [1.165, 1.54) is 24.1 Å². The number of carbonyl (C=O) groups excluding carboxylic acids is 2. The maximum atomic E-state index is 13.3. The van der Waals surface area contributed by atoms with Crippen molar-refractivity contribution in [1.29, 1.82) is 0 Å². The van der Waals surface area contributed by atoms with Gasteiger partial charge in [-0.3, -0.25) is 13.9 Å². The van der Waals surface area contributed by atoms with Crippen molar-refractivity contribution in [2.24, 2.45) is 0 Å². The van der Waals surface area contributed by atoms with Crippen LogP contribution in [0.25, 0.3) is 0 Å². The van der Waals surface area contributed by atoms with E-state index >= 15 is 0 Å². The Balaban J connectivity index is 2.35. The van der Waals surface area contributed by atoms with Gasteiger partial charge in [-0.2, -0.15) is 0 Å². The Bertz CT molecular complexity index is 992. The van der Waals surface area contributed by atoms with Gasteiger partial charge in [-0.25, -0.2) is 12.8 Å². The van der Waals surface area contributed by atoms with E-state index in [1.807, 2.05) is 31.2 Å². The fourth-order valence-corrected chi connectivity index (χ4v) is 3.75. The van der Waals surface area contributed by atoms with Gasteiger partial charge in [0.15, 0.2) is 0 Å². The quantitative estimate of drug-likeness (QED) is 0.688. The second-order valence-electron chi connectivity index (χ2n) is 7.04. The molecule has 0 aliphatic carbocycles. The molecule has 0 bridgehead atoms. The summed E-state index contributed by atoms with van der Waals surface area (Å²) in [6.07, 6.45) is 0.968. The van der Waals surface area contributed by atoms with E-state index in [0.717, 1.165) is 33.8 Å². The van der Waals surface area contributed by atoms with Crippen LogP contribution in [0.3, 0.4) is 0 Å². The van der Waals surface area contributed by atoms with Gasteiger partial charge >= 0.3 is 0 Å². The summed E-state index contributed by atoms with van der Waals surface area (Å²) < 4.78 is 38.8. The standard InChI is InChI=1S/C21H26FN3O4S/c1-15-5-7-17(8-6-15)13-24(16(2)21(27)23-3)20(26)14-25(30(4,28)29)19-11-9-18(22)10-12-19/h5-12,16H,13-14H2,1-4H3,(H,23,27)/t16-/m1/s1. The zero-order chi connectivity index (χ0) is 22.5. The third-order valence-corrected chi connectivity index (χ3v) is 5.82. The van der Waals surface area contributed by atoms with Crippen LogP contribution in [0.15, 0.2) is 48.5 Å². The molecule has 0 saturated heterocycles.